The minimum absolute atomic E-state index is 0.000117. The number of halogens is 1. The minimum Gasteiger partial charge on any atom is -0.494 e. The second-order valence-electron chi connectivity index (χ2n) is 4.42. The summed E-state index contributed by atoms with van der Waals surface area (Å²) in [6.07, 6.45) is 1.86. The van der Waals surface area contributed by atoms with E-state index in [9.17, 15) is 0 Å². The predicted octanol–water partition coefficient (Wildman–Crippen LogP) is 4.54. The molecule has 19 heavy (non-hydrogen) atoms. The van der Waals surface area contributed by atoms with Gasteiger partial charge in [0.05, 0.1) is 6.61 Å². The molecule has 102 valence electrons. The fourth-order valence-electron chi connectivity index (χ4n) is 1.84. The quantitative estimate of drug-likeness (QED) is 0.838. The Kier molecular flexibility index (Phi) is 5.43. The van der Waals surface area contributed by atoms with Gasteiger partial charge < -0.3 is 10.5 Å². The summed E-state index contributed by atoms with van der Waals surface area (Å²) in [6, 6.07) is 10.1. The summed E-state index contributed by atoms with van der Waals surface area (Å²) >= 11 is 5.28. The Morgan fingerprint density at radius 3 is 2.89 bits per heavy atom. The molecular weight excluding hydrogens is 322 g/mol. The Labute approximate surface area is 126 Å². The molecular formula is C15H18BrNOS. The maximum Gasteiger partial charge on any atom is 0.119 e. The number of nitrogens with two attached hydrogens (primary N) is 1. The second-order valence-corrected chi connectivity index (χ2v) is 6.28. The van der Waals surface area contributed by atoms with Crippen LogP contribution >= 0.6 is 27.3 Å². The van der Waals surface area contributed by atoms with Crippen molar-refractivity contribution in [1.82, 2.24) is 0 Å². The summed E-state index contributed by atoms with van der Waals surface area (Å²) in [5.41, 5.74) is 7.40. The van der Waals surface area contributed by atoms with E-state index in [2.05, 4.69) is 40.4 Å². The molecule has 0 spiro atoms. The average molecular weight is 340 g/mol. The molecule has 1 aromatic carbocycles. The van der Waals surface area contributed by atoms with Crippen molar-refractivity contribution >= 4 is 27.3 Å². The van der Waals surface area contributed by atoms with Gasteiger partial charge in [0.25, 0.3) is 0 Å². The first kappa shape index (κ1) is 14.6. The lowest BCUT2D eigenvalue weighted by atomic mass is 10.0. The zero-order valence-electron chi connectivity index (χ0n) is 10.9. The summed E-state index contributed by atoms with van der Waals surface area (Å²) < 4.78 is 6.79. The lowest BCUT2D eigenvalue weighted by Crippen LogP contribution is -2.13. The number of ether oxygens (including phenoxy) is 1. The van der Waals surface area contributed by atoms with E-state index < -0.39 is 0 Å². The number of benzene rings is 1. The van der Waals surface area contributed by atoms with Crippen LogP contribution in [0.5, 0.6) is 5.75 Å². The molecule has 0 fully saturated rings. The van der Waals surface area contributed by atoms with Crippen LogP contribution in [0.4, 0.5) is 0 Å². The molecule has 0 bridgehead atoms. The number of hydrogen-bond acceptors (Lipinski definition) is 3. The van der Waals surface area contributed by atoms with Gasteiger partial charge in [-0.3, -0.25) is 0 Å². The fourth-order valence-corrected chi connectivity index (χ4v) is 3.42. The molecule has 1 unspecified atom stereocenters. The Morgan fingerprint density at radius 1 is 1.37 bits per heavy atom. The van der Waals surface area contributed by atoms with Crippen molar-refractivity contribution in [2.75, 3.05) is 6.61 Å². The van der Waals surface area contributed by atoms with Gasteiger partial charge >= 0.3 is 0 Å². The van der Waals surface area contributed by atoms with Crippen LogP contribution in [0, 0.1) is 0 Å². The van der Waals surface area contributed by atoms with Crippen LogP contribution < -0.4 is 10.5 Å². The zero-order chi connectivity index (χ0) is 13.7. The van der Waals surface area contributed by atoms with Crippen LogP contribution in [0.2, 0.25) is 0 Å². The van der Waals surface area contributed by atoms with Crippen molar-refractivity contribution in [3.8, 4) is 5.75 Å². The number of thiophene rings is 1. The van der Waals surface area contributed by atoms with Crippen molar-refractivity contribution in [2.45, 2.75) is 25.8 Å². The smallest absolute Gasteiger partial charge is 0.119 e. The third-order valence-electron chi connectivity index (χ3n) is 2.86. The predicted molar refractivity (Wildman–Crippen MR) is 84.9 cm³/mol. The maximum atomic E-state index is 6.28. The van der Waals surface area contributed by atoms with Crippen LogP contribution in [0.3, 0.4) is 0 Å². The average Bonchev–Trinajstić information content (AvgIpc) is 2.82. The second kappa shape index (κ2) is 7.08. The molecule has 0 saturated carbocycles. The van der Waals surface area contributed by atoms with Gasteiger partial charge in [-0.1, -0.05) is 19.1 Å². The van der Waals surface area contributed by atoms with Gasteiger partial charge in [-0.15, -0.1) is 11.3 Å². The molecule has 0 aliphatic rings. The van der Waals surface area contributed by atoms with Crippen LogP contribution in [-0.2, 0) is 6.42 Å². The Morgan fingerprint density at radius 2 is 2.21 bits per heavy atom. The van der Waals surface area contributed by atoms with E-state index >= 15 is 0 Å². The Balaban J connectivity index is 2.06. The topological polar surface area (TPSA) is 35.2 Å². The summed E-state index contributed by atoms with van der Waals surface area (Å²) in [4.78, 5) is 1.28. The first-order valence-electron chi connectivity index (χ1n) is 6.41. The molecule has 0 aliphatic carbocycles. The van der Waals surface area contributed by atoms with Gasteiger partial charge in [-0.05, 0) is 51.5 Å². The van der Waals surface area contributed by atoms with Gasteiger partial charge in [0.15, 0.2) is 0 Å². The highest BCUT2D eigenvalue weighted by Gasteiger charge is 2.11. The first-order valence-corrected chi connectivity index (χ1v) is 8.08. The molecule has 1 atom stereocenters. The maximum absolute atomic E-state index is 6.28. The number of rotatable bonds is 6. The minimum atomic E-state index is 0.000117. The molecule has 1 heterocycles. The standard InChI is InChI=1S/C15H18BrNOS/c1-2-7-18-12-5-3-4-11(9-12)14(17)10-15-13(16)6-8-19-15/h3-6,8-9,14H,2,7,10,17H2,1H3. The molecule has 0 radical (unpaired) electrons. The molecule has 0 amide bonds. The van der Waals surface area contributed by atoms with Crippen LogP contribution in [0.25, 0.3) is 0 Å². The largest absolute Gasteiger partial charge is 0.494 e. The van der Waals surface area contributed by atoms with E-state index in [4.69, 9.17) is 10.5 Å². The summed E-state index contributed by atoms with van der Waals surface area (Å²) in [5.74, 6) is 0.903. The van der Waals surface area contributed by atoms with Gasteiger partial charge in [0.1, 0.15) is 5.75 Å². The highest BCUT2D eigenvalue weighted by Crippen LogP contribution is 2.28. The van der Waals surface area contributed by atoms with Crippen molar-refractivity contribution in [2.24, 2.45) is 5.73 Å². The molecule has 2 rings (SSSR count). The number of hydrogen-bond donors (Lipinski definition) is 1. The fraction of sp³-hybridized carbons (Fsp3) is 0.333. The van der Waals surface area contributed by atoms with Gasteiger partial charge in [0, 0.05) is 21.8 Å². The van der Waals surface area contributed by atoms with Crippen LogP contribution in [-0.4, -0.2) is 6.61 Å². The summed E-state index contributed by atoms with van der Waals surface area (Å²) in [5, 5.41) is 2.08. The molecule has 4 heteroatoms. The molecule has 0 aliphatic heterocycles. The Hall–Kier alpha value is -0.840. The third kappa shape index (κ3) is 4.06. The SMILES string of the molecule is CCCOc1cccc(C(N)Cc2sccc2Br)c1. The van der Waals surface area contributed by atoms with Crippen molar-refractivity contribution in [3.05, 3.63) is 50.6 Å². The monoisotopic (exact) mass is 339 g/mol. The van der Waals surface area contributed by atoms with Crippen LogP contribution in [0.15, 0.2) is 40.2 Å². The molecule has 2 N–H and O–H groups in total. The van der Waals surface area contributed by atoms with Crippen molar-refractivity contribution in [1.29, 1.82) is 0 Å². The van der Waals surface area contributed by atoms with Crippen molar-refractivity contribution in [3.63, 3.8) is 0 Å². The highest BCUT2D eigenvalue weighted by molar-refractivity contribution is 9.10. The molecule has 2 aromatic rings. The van der Waals surface area contributed by atoms with E-state index in [1.807, 2.05) is 18.2 Å². The first-order chi connectivity index (χ1) is 9.20. The van der Waals surface area contributed by atoms with Crippen molar-refractivity contribution < 1.29 is 4.74 Å². The van der Waals surface area contributed by atoms with Gasteiger partial charge in [-0.2, -0.15) is 0 Å². The molecule has 2 nitrogen and oxygen atoms in total. The van der Waals surface area contributed by atoms with Crippen LogP contribution in [0.1, 0.15) is 29.8 Å². The van der Waals surface area contributed by atoms with E-state index in [0.717, 1.165) is 35.2 Å². The normalized spacial score (nSPS) is 12.4. The van der Waals surface area contributed by atoms with Gasteiger partial charge in [-0.25, -0.2) is 0 Å². The van der Waals surface area contributed by atoms with E-state index in [1.165, 1.54) is 4.88 Å². The summed E-state index contributed by atoms with van der Waals surface area (Å²) in [7, 11) is 0. The van der Waals surface area contributed by atoms with Gasteiger partial charge in [0.2, 0.25) is 0 Å². The zero-order valence-corrected chi connectivity index (χ0v) is 13.3. The third-order valence-corrected chi connectivity index (χ3v) is 4.80. The summed E-state index contributed by atoms with van der Waals surface area (Å²) in [6.45, 7) is 2.85. The lowest BCUT2D eigenvalue weighted by Gasteiger charge is -2.13. The molecule has 1 aromatic heterocycles. The van der Waals surface area contributed by atoms with E-state index in [1.54, 1.807) is 11.3 Å². The highest BCUT2D eigenvalue weighted by atomic mass is 79.9. The van der Waals surface area contributed by atoms with E-state index in [-0.39, 0.29) is 6.04 Å². The Bertz CT molecular complexity index is 526. The van der Waals surface area contributed by atoms with E-state index in [0.29, 0.717) is 0 Å². The lowest BCUT2D eigenvalue weighted by molar-refractivity contribution is 0.317. The molecule has 0 saturated heterocycles.